The zero-order chi connectivity index (χ0) is 27.7. The quantitative estimate of drug-likeness (QED) is 0.281. The topological polar surface area (TPSA) is 135 Å². The van der Waals surface area contributed by atoms with Crippen LogP contribution in [-0.4, -0.2) is 44.9 Å². The average Bonchev–Trinajstić information content (AvgIpc) is 2.86. The van der Waals surface area contributed by atoms with Gasteiger partial charge in [-0.15, -0.1) is 0 Å². The van der Waals surface area contributed by atoms with Crippen LogP contribution in [0, 0.1) is 9.39 Å². The van der Waals surface area contributed by atoms with Crippen LogP contribution in [0.4, 0.5) is 15.8 Å². The second-order valence-electron chi connectivity index (χ2n) is 8.94. The van der Waals surface area contributed by atoms with E-state index in [1.807, 2.05) is 22.6 Å². The largest absolute Gasteiger partial charge is 0.369 e. The molecule has 1 unspecified atom stereocenters. The summed E-state index contributed by atoms with van der Waals surface area (Å²) in [6.07, 6.45) is -0.851. The van der Waals surface area contributed by atoms with Crippen LogP contribution in [0.1, 0.15) is 20.3 Å². The molecule has 2 heterocycles. The summed E-state index contributed by atoms with van der Waals surface area (Å²) in [5.74, 6) is -0.694. The molecule has 1 amide bonds. The summed E-state index contributed by atoms with van der Waals surface area (Å²) >= 11 is 1.99. The van der Waals surface area contributed by atoms with E-state index < -0.39 is 23.3 Å². The van der Waals surface area contributed by atoms with Crippen molar-refractivity contribution in [3.8, 4) is 5.69 Å². The molecule has 0 saturated heterocycles. The number of benzene rings is 2. The fourth-order valence-corrected chi connectivity index (χ4v) is 4.88. The van der Waals surface area contributed by atoms with Crippen molar-refractivity contribution >= 4 is 51.3 Å². The third kappa shape index (κ3) is 5.11. The number of carbonyl (C=O) groups excluding carboxylic acids is 1. The summed E-state index contributed by atoms with van der Waals surface area (Å²) in [6.45, 7) is 3.31. The molecule has 1 aliphatic rings. The van der Waals surface area contributed by atoms with Crippen molar-refractivity contribution in [2.24, 2.45) is 5.73 Å². The van der Waals surface area contributed by atoms with Crippen molar-refractivity contribution in [1.29, 1.82) is 0 Å². The highest BCUT2D eigenvalue weighted by molar-refractivity contribution is 14.1. The SMILES string of the molecule is CC(=O)Nc1cccc(-n2c3c(c(=O)n(CCCN)c2=O)=C(Nc2ccc(I)cc2F)N(C)C(O)C=3C)c1. The Labute approximate surface area is 231 Å². The molecule has 0 saturated carbocycles. The highest BCUT2D eigenvalue weighted by Crippen LogP contribution is 2.22. The van der Waals surface area contributed by atoms with Gasteiger partial charge in [0.15, 0.2) is 6.23 Å². The molecular formula is C26H28FIN6O4. The van der Waals surface area contributed by atoms with Crippen molar-refractivity contribution in [2.45, 2.75) is 33.0 Å². The molecule has 10 nitrogen and oxygen atoms in total. The molecular weight excluding hydrogens is 606 g/mol. The number of carbonyl (C=O) groups is 1. The normalized spacial score (nSPS) is 14.9. The Morgan fingerprint density at radius 2 is 1.95 bits per heavy atom. The van der Waals surface area contributed by atoms with E-state index in [0.717, 1.165) is 4.57 Å². The van der Waals surface area contributed by atoms with Gasteiger partial charge in [-0.25, -0.2) is 9.18 Å². The molecule has 1 atom stereocenters. The van der Waals surface area contributed by atoms with Gasteiger partial charge in [-0.2, -0.15) is 0 Å². The molecule has 1 aliphatic heterocycles. The highest BCUT2D eigenvalue weighted by Gasteiger charge is 2.28. The Bertz CT molecular complexity index is 1670. The highest BCUT2D eigenvalue weighted by atomic mass is 127. The number of nitrogens with one attached hydrogen (secondary N) is 2. The minimum atomic E-state index is -1.22. The molecule has 4 rings (SSSR count). The van der Waals surface area contributed by atoms with Crippen LogP contribution in [0.3, 0.4) is 0 Å². The number of hydrogen-bond acceptors (Lipinski definition) is 7. The van der Waals surface area contributed by atoms with Gasteiger partial charge >= 0.3 is 5.69 Å². The number of anilines is 2. The summed E-state index contributed by atoms with van der Waals surface area (Å²) in [7, 11) is 1.57. The Morgan fingerprint density at radius 3 is 2.61 bits per heavy atom. The molecule has 0 fully saturated rings. The fourth-order valence-electron chi connectivity index (χ4n) is 4.43. The van der Waals surface area contributed by atoms with Gasteiger partial charge < -0.3 is 26.4 Å². The van der Waals surface area contributed by atoms with E-state index in [1.54, 1.807) is 44.3 Å². The number of aromatic nitrogens is 2. The van der Waals surface area contributed by atoms with Gasteiger partial charge in [-0.3, -0.25) is 18.7 Å². The number of halogens is 2. The van der Waals surface area contributed by atoms with E-state index in [1.165, 1.54) is 28.5 Å². The molecule has 38 heavy (non-hydrogen) atoms. The summed E-state index contributed by atoms with van der Waals surface area (Å²) in [5.41, 5.74) is 5.72. The molecule has 2 aromatic carbocycles. The number of amides is 1. The van der Waals surface area contributed by atoms with Gasteiger partial charge in [0, 0.05) is 35.3 Å². The zero-order valence-electron chi connectivity index (χ0n) is 21.1. The predicted octanol–water partition coefficient (Wildman–Crippen LogP) is 0.662. The third-order valence-corrected chi connectivity index (χ3v) is 6.92. The average molecular weight is 634 g/mol. The van der Waals surface area contributed by atoms with Gasteiger partial charge in [-0.05, 0) is 78.9 Å². The lowest BCUT2D eigenvalue weighted by Crippen LogP contribution is -2.64. The summed E-state index contributed by atoms with van der Waals surface area (Å²) < 4.78 is 17.9. The fraction of sp³-hybridized carbons (Fsp3) is 0.269. The van der Waals surface area contributed by atoms with Gasteiger partial charge in [0.1, 0.15) is 16.9 Å². The Kier molecular flexibility index (Phi) is 8.04. The number of aliphatic hydroxyl groups is 1. The molecule has 1 aromatic heterocycles. The maximum atomic E-state index is 14.8. The minimum absolute atomic E-state index is 0.0589. The summed E-state index contributed by atoms with van der Waals surface area (Å²) in [5, 5.41) is 17.1. The van der Waals surface area contributed by atoms with Gasteiger partial charge in [-0.1, -0.05) is 6.07 Å². The van der Waals surface area contributed by atoms with E-state index in [4.69, 9.17) is 5.73 Å². The number of fused-ring (bicyclic) bond motifs is 1. The number of aliphatic hydroxyl groups excluding tert-OH is 1. The van der Waals surface area contributed by atoms with E-state index in [0.29, 0.717) is 26.9 Å². The maximum Gasteiger partial charge on any atom is 0.336 e. The summed E-state index contributed by atoms with van der Waals surface area (Å²) in [4.78, 5) is 40.7. The molecule has 5 N–H and O–H groups in total. The molecule has 0 bridgehead atoms. The zero-order valence-corrected chi connectivity index (χ0v) is 23.2. The first-order valence-electron chi connectivity index (χ1n) is 11.9. The van der Waals surface area contributed by atoms with Gasteiger partial charge in [0.05, 0.1) is 16.7 Å². The number of hydrogen-bond donors (Lipinski definition) is 4. The van der Waals surface area contributed by atoms with Crippen molar-refractivity contribution in [1.82, 2.24) is 14.0 Å². The lowest BCUT2D eigenvalue weighted by atomic mass is 10.1. The summed E-state index contributed by atoms with van der Waals surface area (Å²) in [6, 6.07) is 11.2. The van der Waals surface area contributed by atoms with Gasteiger partial charge in [0.25, 0.3) is 5.56 Å². The molecule has 200 valence electrons. The number of rotatable bonds is 7. The predicted molar refractivity (Wildman–Crippen MR) is 153 cm³/mol. The smallest absolute Gasteiger partial charge is 0.336 e. The van der Waals surface area contributed by atoms with Gasteiger partial charge in [0.2, 0.25) is 5.91 Å². The van der Waals surface area contributed by atoms with Crippen LogP contribution in [0.5, 0.6) is 0 Å². The Hall–Kier alpha value is -3.49. The van der Waals surface area contributed by atoms with Crippen LogP contribution in [0.25, 0.3) is 17.1 Å². The van der Waals surface area contributed by atoms with Crippen LogP contribution < -0.4 is 38.2 Å². The molecule has 3 aromatic rings. The first-order chi connectivity index (χ1) is 18.0. The maximum absolute atomic E-state index is 14.8. The number of nitrogens with two attached hydrogens (primary N) is 1. The lowest BCUT2D eigenvalue weighted by molar-refractivity contribution is -0.114. The second-order valence-corrected chi connectivity index (χ2v) is 10.2. The molecule has 0 spiro atoms. The van der Waals surface area contributed by atoms with E-state index in [-0.39, 0.29) is 41.1 Å². The molecule has 12 heteroatoms. The van der Waals surface area contributed by atoms with E-state index >= 15 is 0 Å². The molecule has 0 radical (unpaired) electrons. The lowest BCUT2D eigenvalue weighted by Gasteiger charge is -2.33. The second kappa shape index (κ2) is 11.1. The third-order valence-electron chi connectivity index (χ3n) is 6.25. The van der Waals surface area contributed by atoms with E-state index in [9.17, 15) is 23.9 Å². The van der Waals surface area contributed by atoms with Crippen molar-refractivity contribution in [3.05, 3.63) is 83.3 Å². The molecule has 0 aliphatic carbocycles. The van der Waals surface area contributed by atoms with E-state index in [2.05, 4.69) is 10.6 Å². The van der Waals surface area contributed by atoms with Crippen molar-refractivity contribution in [2.75, 3.05) is 24.2 Å². The standard InChI is InChI=1S/C26H28FIN6O4/c1-14-22-21(23(32(3)24(14)36)31-20-9-8-16(28)12-19(20)27)25(37)33(11-5-10-29)26(38)34(22)18-7-4-6-17(13-18)30-15(2)35/h4,6-9,12-13,24,31,36H,5,10-11,29H2,1-3H3,(H,30,35). The first-order valence-corrected chi connectivity index (χ1v) is 12.9. The van der Waals surface area contributed by atoms with Crippen LogP contribution in [-0.2, 0) is 11.3 Å². The Balaban J connectivity index is 2.15. The van der Waals surface area contributed by atoms with Crippen LogP contribution in [0.15, 0.2) is 52.1 Å². The van der Waals surface area contributed by atoms with Crippen LogP contribution in [0.2, 0.25) is 0 Å². The van der Waals surface area contributed by atoms with Crippen molar-refractivity contribution < 1.29 is 14.3 Å². The Morgan fingerprint density at radius 1 is 1.21 bits per heavy atom. The first kappa shape index (κ1) is 27.5. The minimum Gasteiger partial charge on any atom is -0.369 e. The van der Waals surface area contributed by atoms with Crippen LogP contribution >= 0.6 is 22.6 Å². The monoisotopic (exact) mass is 634 g/mol. The van der Waals surface area contributed by atoms with Crippen molar-refractivity contribution in [3.63, 3.8) is 0 Å². The number of nitrogens with zero attached hydrogens (tertiary/aromatic N) is 3.